The Bertz CT molecular complexity index is 2170. The Kier molecular flexibility index (Phi) is 7.08. The first-order valence-corrected chi connectivity index (χ1v) is 16.6. The quantitative estimate of drug-likeness (QED) is 0.279. The average molecular weight is 682 g/mol. The van der Waals surface area contributed by atoms with E-state index in [1.54, 1.807) is 30.3 Å². The van der Waals surface area contributed by atoms with Gasteiger partial charge in [-0.15, -0.1) is 11.3 Å². The number of aromatic nitrogens is 5. The maximum atomic E-state index is 15.9. The van der Waals surface area contributed by atoms with E-state index in [0.29, 0.717) is 54.0 Å². The van der Waals surface area contributed by atoms with E-state index in [1.165, 1.54) is 0 Å². The van der Waals surface area contributed by atoms with Crippen molar-refractivity contribution in [1.82, 2.24) is 29.2 Å². The van der Waals surface area contributed by atoms with Crippen molar-refractivity contribution >= 4 is 54.3 Å². The topological polar surface area (TPSA) is 144 Å². The number of benzene rings is 1. The van der Waals surface area contributed by atoms with Crippen LogP contribution in [0.3, 0.4) is 0 Å². The fourth-order valence-electron chi connectivity index (χ4n) is 7.95. The molecule has 3 saturated heterocycles. The SMILES string of the molecule is Cn1nc(-c2c(F)cc(F)c3sc(N)c(C#N)c23)c2c1c1c(N3CCOC[C@@](C)(O)C3)nc(OC[C@@]34CCCN3C[C@H](F)C4)nc1n2C. The molecule has 0 radical (unpaired) electrons. The van der Waals surface area contributed by atoms with E-state index in [1.807, 2.05) is 11.0 Å². The lowest BCUT2D eigenvalue weighted by molar-refractivity contribution is -0.0123. The van der Waals surface area contributed by atoms with Crippen LogP contribution >= 0.6 is 11.3 Å². The molecule has 252 valence electrons. The van der Waals surface area contributed by atoms with Gasteiger partial charge in [0.25, 0.3) is 0 Å². The number of nitrogen functional groups attached to an aromatic ring is 1. The van der Waals surface area contributed by atoms with Crippen LogP contribution < -0.4 is 15.4 Å². The van der Waals surface area contributed by atoms with Gasteiger partial charge in [0.2, 0.25) is 0 Å². The van der Waals surface area contributed by atoms with Crippen molar-refractivity contribution in [2.45, 2.75) is 43.5 Å². The molecule has 7 heterocycles. The Morgan fingerprint density at radius 1 is 1.21 bits per heavy atom. The minimum absolute atomic E-state index is 0.0216. The molecule has 48 heavy (non-hydrogen) atoms. The van der Waals surface area contributed by atoms with Crippen molar-refractivity contribution in [3.63, 3.8) is 0 Å². The van der Waals surface area contributed by atoms with Crippen LogP contribution in [0.15, 0.2) is 6.07 Å². The standard InChI is InChI=1S/C32H34F3N9O3S/c1-31(45)13-43(7-8-46-14-31)29-22-24-25(23(40-42(24)3)21-18(34)9-19(35)26-20(21)17(11-36)27(37)48-26)41(2)28(22)38-30(39-29)47-15-32-5-4-6-44(32)12-16(33)10-32/h9,16,45H,4-8,10,12-15,37H2,1-3H3/t16-,31+,32+/m1/s1. The molecule has 12 nitrogen and oxygen atoms in total. The Morgan fingerprint density at radius 3 is 2.81 bits per heavy atom. The van der Waals surface area contributed by atoms with Crippen molar-refractivity contribution in [1.29, 1.82) is 5.26 Å². The summed E-state index contributed by atoms with van der Waals surface area (Å²) < 4.78 is 60.9. The van der Waals surface area contributed by atoms with Crippen LogP contribution in [-0.2, 0) is 18.8 Å². The number of thiophene rings is 1. The van der Waals surface area contributed by atoms with E-state index in [9.17, 15) is 14.8 Å². The van der Waals surface area contributed by atoms with Gasteiger partial charge in [0.15, 0.2) is 5.65 Å². The minimum Gasteiger partial charge on any atom is -0.461 e. The first kappa shape index (κ1) is 31.1. The molecule has 8 rings (SSSR count). The normalized spacial score (nSPS) is 25.0. The van der Waals surface area contributed by atoms with Gasteiger partial charge in [0.05, 0.1) is 57.5 Å². The van der Waals surface area contributed by atoms with Crippen molar-refractivity contribution in [2.75, 3.05) is 56.6 Å². The monoisotopic (exact) mass is 681 g/mol. The summed E-state index contributed by atoms with van der Waals surface area (Å²) in [6.07, 6.45) is 1.23. The van der Waals surface area contributed by atoms with Crippen molar-refractivity contribution < 1.29 is 27.8 Å². The number of nitrogens with zero attached hydrogens (tertiary/aromatic N) is 8. The summed E-state index contributed by atoms with van der Waals surface area (Å²) in [5.41, 5.74) is 6.04. The third-order valence-corrected chi connectivity index (χ3v) is 11.0. The number of alkyl halides is 1. The minimum atomic E-state index is -1.20. The van der Waals surface area contributed by atoms with Crippen LogP contribution in [0.2, 0.25) is 0 Å². The number of nitrogens with two attached hydrogens (primary N) is 1. The molecule has 0 unspecified atom stereocenters. The highest BCUT2D eigenvalue weighted by Gasteiger charge is 2.49. The van der Waals surface area contributed by atoms with Crippen LogP contribution in [0.1, 0.15) is 31.7 Å². The number of nitriles is 1. The number of rotatable bonds is 5. The summed E-state index contributed by atoms with van der Waals surface area (Å²) in [5.74, 6) is -1.25. The van der Waals surface area contributed by atoms with Crippen LogP contribution in [0.25, 0.3) is 43.4 Å². The Balaban J connectivity index is 1.36. The van der Waals surface area contributed by atoms with Crippen LogP contribution in [-0.4, -0.2) is 97.6 Å². The largest absolute Gasteiger partial charge is 0.461 e. The van der Waals surface area contributed by atoms with Crippen molar-refractivity contribution in [3.8, 4) is 23.3 Å². The van der Waals surface area contributed by atoms with Crippen LogP contribution in [0.4, 0.5) is 24.0 Å². The van der Waals surface area contributed by atoms with E-state index in [4.69, 9.17) is 30.3 Å². The molecule has 3 atom stereocenters. The second-order valence-corrected chi connectivity index (χ2v) is 14.5. The second-order valence-electron chi connectivity index (χ2n) is 13.5. The second kappa shape index (κ2) is 10.9. The number of anilines is 2. The van der Waals surface area contributed by atoms with E-state index in [0.717, 1.165) is 36.8 Å². The van der Waals surface area contributed by atoms with E-state index < -0.39 is 28.9 Å². The first-order chi connectivity index (χ1) is 22.9. The van der Waals surface area contributed by atoms with Gasteiger partial charge >= 0.3 is 6.01 Å². The lowest BCUT2D eigenvalue weighted by atomic mass is 9.95. The highest BCUT2D eigenvalue weighted by atomic mass is 32.1. The number of ether oxygens (including phenoxy) is 2. The molecule has 0 saturated carbocycles. The van der Waals surface area contributed by atoms with E-state index in [2.05, 4.69) is 4.90 Å². The molecule has 3 N–H and O–H groups in total. The molecular weight excluding hydrogens is 647 g/mol. The summed E-state index contributed by atoms with van der Waals surface area (Å²) in [5, 5.41) is 26.5. The summed E-state index contributed by atoms with van der Waals surface area (Å²) in [6.45, 7) is 4.15. The van der Waals surface area contributed by atoms with Gasteiger partial charge in [-0.05, 0) is 26.3 Å². The molecule has 1 aromatic carbocycles. The number of hydrogen-bond acceptors (Lipinski definition) is 11. The summed E-state index contributed by atoms with van der Waals surface area (Å²) >= 11 is 0.880. The molecule has 0 bridgehead atoms. The summed E-state index contributed by atoms with van der Waals surface area (Å²) in [7, 11) is 3.46. The van der Waals surface area contributed by atoms with Gasteiger partial charge in [0.1, 0.15) is 52.6 Å². The van der Waals surface area contributed by atoms with Gasteiger partial charge in [0, 0.05) is 45.1 Å². The van der Waals surface area contributed by atoms with Crippen LogP contribution in [0.5, 0.6) is 6.01 Å². The smallest absolute Gasteiger partial charge is 0.320 e. The highest BCUT2D eigenvalue weighted by molar-refractivity contribution is 7.23. The molecule has 0 spiro atoms. The number of β-amino-alcohol motifs (C(OH)–C–C–N with tert-alkyl or cyclic N) is 1. The van der Waals surface area contributed by atoms with Crippen LogP contribution in [0, 0.1) is 23.0 Å². The molecule has 3 fully saturated rings. The molecule has 5 aromatic rings. The maximum Gasteiger partial charge on any atom is 0.320 e. The van der Waals surface area contributed by atoms with Crippen molar-refractivity contribution in [2.24, 2.45) is 14.1 Å². The zero-order valence-corrected chi connectivity index (χ0v) is 27.5. The molecule has 3 aliphatic rings. The number of aryl methyl sites for hydroxylation is 2. The molecular formula is C32H34F3N9O3S. The Morgan fingerprint density at radius 2 is 2.02 bits per heavy atom. The number of hydrogen-bond donors (Lipinski definition) is 2. The Hall–Kier alpha value is -4.17. The molecule has 16 heteroatoms. The molecule has 0 amide bonds. The zero-order chi connectivity index (χ0) is 33.7. The third-order valence-electron chi connectivity index (χ3n) is 9.99. The Labute approximate surface area is 277 Å². The number of halogens is 3. The van der Waals surface area contributed by atoms with E-state index >= 15 is 8.78 Å². The highest BCUT2D eigenvalue weighted by Crippen LogP contribution is 2.46. The number of fused-ring (bicyclic) bond motifs is 5. The van der Waals surface area contributed by atoms with Gasteiger partial charge in [-0.2, -0.15) is 20.3 Å². The molecule has 4 aromatic heterocycles. The fraction of sp³-hybridized carbons (Fsp3) is 0.500. The lowest BCUT2D eigenvalue weighted by Crippen LogP contribution is -2.44. The van der Waals surface area contributed by atoms with Gasteiger partial charge in [-0.25, -0.2) is 13.2 Å². The average Bonchev–Trinajstić information content (AvgIpc) is 3.78. The first-order valence-electron chi connectivity index (χ1n) is 15.8. The molecule has 3 aliphatic heterocycles. The van der Waals surface area contributed by atoms with Crippen molar-refractivity contribution in [3.05, 3.63) is 23.3 Å². The van der Waals surface area contributed by atoms with Gasteiger partial charge in [-0.3, -0.25) is 9.58 Å². The lowest BCUT2D eigenvalue weighted by Gasteiger charge is -2.31. The van der Waals surface area contributed by atoms with Gasteiger partial charge in [-0.1, -0.05) is 0 Å². The van der Waals surface area contributed by atoms with E-state index in [-0.39, 0.29) is 57.7 Å². The predicted octanol–water partition coefficient (Wildman–Crippen LogP) is 4.01. The summed E-state index contributed by atoms with van der Waals surface area (Å²) in [4.78, 5) is 13.8. The molecule has 0 aliphatic carbocycles. The fourth-order valence-corrected chi connectivity index (χ4v) is 8.88. The third kappa shape index (κ3) is 4.62. The maximum absolute atomic E-state index is 15.9. The zero-order valence-electron chi connectivity index (χ0n) is 26.7. The van der Waals surface area contributed by atoms with Gasteiger partial charge < -0.3 is 29.8 Å². The number of aliphatic hydroxyl groups is 1. The summed E-state index contributed by atoms with van der Waals surface area (Å²) in [6, 6.07) is 2.88. The predicted molar refractivity (Wildman–Crippen MR) is 175 cm³/mol.